The van der Waals surface area contributed by atoms with Crippen LogP contribution in [-0.4, -0.2) is 18.6 Å². The zero-order valence-corrected chi connectivity index (χ0v) is 16.1. The summed E-state index contributed by atoms with van der Waals surface area (Å²) in [6.07, 6.45) is 14.0. The number of nitrogens with one attached hydrogen (secondary N) is 1. The van der Waals surface area contributed by atoms with E-state index in [1.54, 1.807) is 0 Å². The predicted octanol–water partition coefficient (Wildman–Crippen LogP) is 4.69. The number of hydrogen-bond donors (Lipinski definition) is 2. The molecule has 4 aliphatic carbocycles. The summed E-state index contributed by atoms with van der Waals surface area (Å²) in [6.45, 7) is 7.21. The van der Waals surface area contributed by atoms with Crippen LogP contribution in [0.3, 0.4) is 0 Å². The molecule has 0 aliphatic heterocycles. The van der Waals surface area contributed by atoms with Gasteiger partial charge < -0.3 is 11.1 Å². The van der Waals surface area contributed by atoms with E-state index in [1.807, 2.05) is 0 Å². The number of nitrogens with two attached hydrogens (primary N) is 1. The van der Waals surface area contributed by atoms with Crippen molar-refractivity contribution in [1.82, 2.24) is 5.32 Å². The van der Waals surface area contributed by atoms with Crippen LogP contribution in [0, 0.1) is 16.7 Å². The smallest absolute Gasteiger partial charge is 0.0194 e. The molecule has 3 N–H and O–H groups in total. The summed E-state index contributed by atoms with van der Waals surface area (Å²) in [4.78, 5) is 0. The third kappa shape index (κ3) is 4.32. The van der Waals surface area contributed by atoms with Crippen molar-refractivity contribution in [3.05, 3.63) is 0 Å². The monoisotopic (exact) mass is 350 g/mol. The average Bonchev–Trinajstić information content (AvgIpc) is 2.29. The molecule has 4 bridgehead atoms. The third-order valence-corrected chi connectivity index (χ3v) is 6.26. The maximum atomic E-state index is 5.56. The molecule has 0 radical (unpaired) electrons. The van der Waals surface area contributed by atoms with Gasteiger partial charge in [0, 0.05) is 5.54 Å². The first kappa shape index (κ1) is 20.5. The van der Waals surface area contributed by atoms with Gasteiger partial charge in [-0.2, -0.15) is 0 Å². The molecule has 0 spiro atoms. The Balaban J connectivity index is 0.00000121. The van der Waals surface area contributed by atoms with Crippen LogP contribution in [0.2, 0.25) is 0 Å². The first-order valence-corrected chi connectivity index (χ1v) is 8.92. The van der Waals surface area contributed by atoms with Gasteiger partial charge in [0.1, 0.15) is 0 Å². The van der Waals surface area contributed by atoms with Gasteiger partial charge in [0.15, 0.2) is 0 Å². The summed E-state index contributed by atoms with van der Waals surface area (Å²) in [7, 11) is 0. The van der Waals surface area contributed by atoms with Crippen LogP contribution in [0.1, 0.15) is 78.1 Å². The molecule has 2 nitrogen and oxygen atoms in total. The Labute approximate surface area is 149 Å². The maximum Gasteiger partial charge on any atom is 0.0194 e. The number of halogens is 2. The van der Waals surface area contributed by atoms with Gasteiger partial charge in [0.2, 0.25) is 0 Å². The lowest BCUT2D eigenvalue weighted by molar-refractivity contribution is -0.117. The highest BCUT2D eigenvalue weighted by Gasteiger charge is 2.59. The zero-order chi connectivity index (χ0) is 14.3. The standard InChI is InChI=1S/C18H34N2.2ClH/c1-16-9-15-10-17(2,12-16)14-18(11-15,13-16)20-8-6-4-3-5-7-19;;/h15,20H,3-14,19H2,1-2H3;2*1H. The first-order chi connectivity index (χ1) is 9.47. The second-order valence-corrected chi connectivity index (χ2v) is 9.04. The molecule has 2 unspecified atom stereocenters. The van der Waals surface area contributed by atoms with Crippen LogP contribution in [0.5, 0.6) is 0 Å². The Morgan fingerprint density at radius 2 is 1.45 bits per heavy atom. The molecule has 0 heterocycles. The van der Waals surface area contributed by atoms with E-state index < -0.39 is 0 Å². The average molecular weight is 351 g/mol. The van der Waals surface area contributed by atoms with Crippen LogP contribution in [-0.2, 0) is 0 Å². The van der Waals surface area contributed by atoms with E-state index in [1.165, 1.54) is 70.8 Å². The normalized spacial score (nSPS) is 41.9. The van der Waals surface area contributed by atoms with E-state index in [9.17, 15) is 0 Å². The minimum Gasteiger partial charge on any atom is -0.330 e. The van der Waals surface area contributed by atoms with Crippen LogP contribution in [0.25, 0.3) is 0 Å². The van der Waals surface area contributed by atoms with E-state index in [0.29, 0.717) is 16.4 Å². The van der Waals surface area contributed by atoms with E-state index in [-0.39, 0.29) is 24.8 Å². The van der Waals surface area contributed by atoms with Crippen LogP contribution in [0.4, 0.5) is 0 Å². The lowest BCUT2D eigenvalue weighted by atomic mass is 9.43. The van der Waals surface area contributed by atoms with Gasteiger partial charge >= 0.3 is 0 Å². The summed E-state index contributed by atoms with van der Waals surface area (Å²) < 4.78 is 0. The highest BCUT2D eigenvalue weighted by atomic mass is 35.5. The van der Waals surface area contributed by atoms with Crippen molar-refractivity contribution in [2.75, 3.05) is 13.1 Å². The fourth-order valence-corrected chi connectivity index (χ4v) is 6.62. The van der Waals surface area contributed by atoms with E-state index in [4.69, 9.17) is 5.73 Å². The first-order valence-electron chi connectivity index (χ1n) is 8.92. The molecular formula is C18H36Cl2N2. The third-order valence-electron chi connectivity index (χ3n) is 6.26. The Bertz CT molecular complexity index is 343. The molecule has 4 rings (SSSR count). The molecule has 0 amide bonds. The summed E-state index contributed by atoms with van der Waals surface area (Å²) >= 11 is 0. The molecule has 132 valence electrons. The number of rotatable bonds is 7. The van der Waals surface area contributed by atoms with Crippen molar-refractivity contribution >= 4 is 24.8 Å². The summed E-state index contributed by atoms with van der Waals surface area (Å²) in [5, 5.41) is 4.02. The molecule has 4 heteroatoms. The van der Waals surface area contributed by atoms with Crippen molar-refractivity contribution in [3.8, 4) is 0 Å². The molecule has 4 fully saturated rings. The van der Waals surface area contributed by atoms with E-state index >= 15 is 0 Å². The summed E-state index contributed by atoms with van der Waals surface area (Å²) in [5.74, 6) is 1.01. The Hall–Kier alpha value is 0.500. The van der Waals surface area contributed by atoms with Gasteiger partial charge in [-0.15, -0.1) is 24.8 Å². The van der Waals surface area contributed by atoms with Gasteiger partial charge in [-0.3, -0.25) is 0 Å². The van der Waals surface area contributed by atoms with Gasteiger partial charge in [-0.1, -0.05) is 26.7 Å². The Morgan fingerprint density at radius 1 is 0.864 bits per heavy atom. The number of unbranched alkanes of at least 4 members (excludes halogenated alkanes) is 3. The largest absolute Gasteiger partial charge is 0.330 e. The SMILES string of the molecule is CC12CC3CC(C)(C1)CC(NCCCCCCN)(C3)C2.Cl.Cl. The van der Waals surface area contributed by atoms with Crippen LogP contribution >= 0.6 is 24.8 Å². The molecule has 4 aliphatic rings. The van der Waals surface area contributed by atoms with Gasteiger partial charge in [-0.05, 0) is 81.2 Å². The lowest BCUT2D eigenvalue weighted by Gasteiger charge is -2.65. The van der Waals surface area contributed by atoms with Crippen LogP contribution in [0.15, 0.2) is 0 Å². The molecule has 0 aromatic heterocycles. The predicted molar refractivity (Wildman–Crippen MR) is 100 cm³/mol. The molecule has 2 atom stereocenters. The van der Waals surface area contributed by atoms with Crippen molar-refractivity contribution in [3.63, 3.8) is 0 Å². The molecule has 0 aromatic carbocycles. The molecule has 22 heavy (non-hydrogen) atoms. The highest BCUT2D eigenvalue weighted by Crippen LogP contribution is 2.66. The second kappa shape index (κ2) is 7.59. The highest BCUT2D eigenvalue weighted by molar-refractivity contribution is 5.85. The van der Waals surface area contributed by atoms with E-state index in [0.717, 1.165) is 12.5 Å². The van der Waals surface area contributed by atoms with Gasteiger partial charge in [0.05, 0.1) is 0 Å². The number of hydrogen-bond acceptors (Lipinski definition) is 2. The molecule has 4 saturated carbocycles. The molecule has 0 saturated heterocycles. The Morgan fingerprint density at radius 3 is 2.00 bits per heavy atom. The second-order valence-electron chi connectivity index (χ2n) is 9.04. The fraction of sp³-hybridized carbons (Fsp3) is 1.00. The fourth-order valence-electron chi connectivity index (χ4n) is 6.62. The molecular weight excluding hydrogens is 315 g/mol. The van der Waals surface area contributed by atoms with Crippen LogP contribution < -0.4 is 11.1 Å². The quantitative estimate of drug-likeness (QED) is 0.653. The summed E-state index contributed by atoms with van der Waals surface area (Å²) in [6, 6.07) is 0. The molecule has 0 aromatic rings. The van der Waals surface area contributed by atoms with Gasteiger partial charge in [-0.25, -0.2) is 0 Å². The lowest BCUT2D eigenvalue weighted by Crippen LogP contribution is -2.64. The minimum atomic E-state index is 0. The maximum absolute atomic E-state index is 5.56. The van der Waals surface area contributed by atoms with Gasteiger partial charge in [0.25, 0.3) is 0 Å². The Kier molecular flexibility index (Phi) is 7.09. The van der Waals surface area contributed by atoms with Crippen molar-refractivity contribution in [2.24, 2.45) is 22.5 Å². The topological polar surface area (TPSA) is 38.0 Å². The van der Waals surface area contributed by atoms with Crippen molar-refractivity contribution in [2.45, 2.75) is 83.6 Å². The van der Waals surface area contributed by atoms with Crippen molar-refractivity contribution < 1.29 is 0 Å². The minimum absolute atomic E-state index is 0. The van der Waals surface area contributed by atoms with E-state index in [2.05, 4.69) is 19.2 Å². The zero-order valence-electron chi connectivity index (χ0n) is 14.5. The summed E-state index contributed by atoms with van der Waals surface area (Å²) in [5.41, 5.74) is 7.34. The van der Waals surface area contributed by atoms with Crippen molar-refractivity contribution in [1.29, 1.82) is 0 Å².